The monoisotopic (exact) mass is 280 g/mol. The summed E-state index contributed by atoms with van der Waals surface area (Å²) in [6.45, 7) is 5.71. The van der Waals surface area contributed by atoms with E-state index in [1.165, 1.54) is 13.0 Å². The van der Waals surface area contributed by atoms with Gasteiger partial charge in [-0.05, 0) is 32.9 Å². The van der Waals surface area contributed by atoms with E-state index in [1.54, 1.807) is 7.05 Å². The third-order valence-corrected chi connectivity index (χ3v) is 3.46. The highest BCUT2D eigenvalue weighted by atomic mass is 16.5. The standard InChI is InChI=1S/C13H24N6O/c1-5-20-13-16-11(14-2)15-12(17-13)19(4)9-10-6-7-18(3)8-10/h10H,5-9H2,1-4H3,(H,14,15,16,17). The van der Waals surface area contributed by atoms with Crippen molar-refractivity contribution in [2.45, 2.75) is 13.3 Å². The van der Waals surface area contributed by atoms with Crippen molar-refractivity contribution in [3.8, 4) is 6.01 Å². The van der Waals surface area contributed by atoms with E-state index >= 15 is 0 Å². The summed E-state index contributed by atoms with van der Waals surface area (Å²) in [4.78, 5) is 17.4. The number of nitrogens with one attached hydrogen (secondary N) is 1. The average molecular weight is 280 g/mol. The average Bonchev–Trinajstić information content (AvgIpc) is 2.84. The Balaban J connectivity index is 2.07. The summed E-state index contributed by atoms with van der Waals surface area (Å²) >= 11 is 0. The largest absolute Gasteiger partial charge is 0.464 e. The highest BCUT2D eigenvalue weighted by molar-refractivity contribution is 5.37. The van der Waals surface area contributed by atoms with Gasteiger partial charge in [0.05, 0.1) is 6.61 Å². The second-order valence-electron chi connectivity index (χ2n) is 5.22. The Labute approximate surface area is 120 Å². The SMILES string of the molecule is CCOc1nc(NC)nc(N(C)CC2CCN(C)C2)n1. The molecule has 1 aromatic rings. The molecule has 1 aliphatic heterocycles. The molecule has 0 spiro atoms. The van der Waals surface area contributed by atoms with E-state index in [9.17, 15) is 0 Å². The predicted octanol–water partition coefficient (Wildman–Crippen LogP) is 0.700. The summed E-state index contributed by atoms with van der Waals surface area (Å²) in [5.41, 5.74) is 0. The normalized spacial score (nSPS) is 19.1. The predicted molar refractivity (Wildman–Crippen MR) is 79.4 cm³/mol. The quantitative estimate of drug-likeness (QED) is 0.822. The Morgan fingerprint density at radius 2 is 2.20 bits per heavy atom. The van der Waals surface area contributed by atoms with Crippen LogP contribution in [0.3, 0.4) is 0 Å². The van der Waals surface area contributed by atoms with E-state index in [0.717, 1.165) is 13.1 Å². The fourth-order valence-corrected chi connectivity index (χ4v) is 2.47. The molecule has 0 saturated carbocycles. The van der Waals surface area contributed by atoms with Crippen LogP contribution in [0.2, 0.25) is 0 Å². The van der Waals surface area contributed by atoms with Gasteiger partial charge < -0.3 is 19.9 Å². The molecule has 0 aliphatic carbocycles. The molecule has 1 fully saturated rings. The Hall–Kier alpha value is -1.63. The van der Waals surface area contributed by atoms with Crippen LogP contribution in [0.1, 0.15) is 13.3 Å². The fourth-order valence-electron chi connectivity index (χ4n) is 2.47. The summed E-state index contributed by atoms with van der Waals surface area (Å²) in [5.74, 6) is 1.85. The fraction of sp³-hybridized carbons (Fsp3) is 0.769. The Kier molecular flexibility index (Phi) is 4.94. The molecular formula is C13H24N6O. The molecule has 0 amide bonds. The third-order valence-electron chi connectivity index (χ3n) is 3.46. The number of likely N-dealkylation sites (tertiary alicyclic amines) is 1. The van der Waals surface area contributed by atoms with Crippen LogP contribution in [-0.2, 0) is 0 Å². The molecule has 7 nitrogen and oxygen atoms in total. The van der Waals surface area contributed by atoms with Crippen molar-refractivity contribution in [1.29, 1.82) is 0 Å². The van der Waals surface area contributed by atoms with Crippen LogP contribution < -0.4 is 15.0 Å². The van der Waals surface area contributed by atoms with E-state index in [-0.39, 0.29) is 0 Å². The molecule has 1 N–H and O–H groups in total. The molecule has 1 aliphatic rings. The minimum atomic E-state index is 0.372. The molecule has 20 heavy (non-hydrogen) atoms. The van der Waals surface area contributed by atoms with Gasteiger partial charge in [-0.1, -0.05) is 0 Å². The molecule has 0 aromatic carbocycles. The molecule has 1 unspecified atom stereocenters. The van der Waals surface area contributed by atoms with Crippen LogP contribution in [0.4, 0.5) is 11.9 Å². The number of rotatable bonds is 6. The first-order chi connectivity index (χ1) is 9.62. The van der Waals surface area contributed by atoms with Crippen LogP contribution in [0.5, 0.6) is 6.01 Å². The first-order valence-corrected chi connectivity index (χ1v) is 7.08. The van der Waals surface area contributed by atoms with Crippen LogP contribution in [0, 0.1) is 5.92 Å². The van der Waals surface area contributed by atoms with Crippen LogP contribution in [-0.4, -0.2) is 67.2 Å². The Morgan fingerprint density at radius 3 is 2.80 bits per heavy atom. The van der Waals surface area contributed by atoms with Crippen LogP contribution >= 0.6 is 0 Å². The van der Waals surface area contributed by atoms with Crippen molar-refractivity contribution in [2.24, 2.45) is 5.92 Å². The van der Waals surface area contributed by atoms with Crippen molar-refractivity contribution in [3.63, 3.8) is 0 Å². The lowest BCUT2D eigenvalue weighted by Gasteiger charge is -2.21. The number of anilines is 2. The van der Waals surface area contributed by atoms with E-state index in [4.69, 9.17) is 4.74 Å². The lowest BCUT2D eigenvalue weighted by atomic mass is 10.1. The zero-order valence-corrected chi connectivity index (χ0v) is 12.8. The second kappa shape index (κ2) is 6.69. The summed E-state index contributed by atoms with van der Waals surface area (Å²) in [5, 5.41) is 2.94. The van der Waals surface area contributed by atoms with Crippen LogP contribution in [0.25, 0.3) is 0 Å². The molecular weight excluding hydrogens is 256 g/mol. The zero-order chi connectivity index (χ0) is 14.5. The summed E-state index contributed by atoms with van der Waals surface area (Å²) < 4.78 is 5.39. The minimum absolute atomic E-state index is 0.372. The first-order valence-electron chi connectivity index (χ1n) is 7.08. The molecule has 0 bridgehead atoms. The van der Waals surface area contributed by atoms with E-state index in [1.807, 2.05) is 14.0 Å². The molecule has 1 atom stereocenters. The van der Waals surface area contributed by atoms with Gasteiger partial charge in [0.2, 0.25) is 11.9 Å². The maximum absolute atomic E-state index is 5.39. The van der Waals surface area contributed by atoms with E-state index in [0.29, 0.717) is 30.4 Å². The molecule has 112 valence electrons. The van der Waals surface area contributed by atoms with Crippen molar-refractivity contribution < 1.29 is 4.74 Å². The minimum Gasteiger partial charge on any atom is -0.464 e. The summed E-state index contributed by atoms with van der Waals surface area (Å²) in [7, 11) is 5.97. The van der Waals surface area contributed by atoms with Crippen molar-refractivity contribution >= 4 is 11.9 Å². The summed E-state index contributed by atoms with van der Waals surface area (Å²) in [6.07, 6.45) is 1.23. The number of ether oxygens (including phenoxy) is 1. The zero-order valence-electron chi connectivity index (χ0n) is 12.8. The lowest BCUT2D eigenvalue weighted by molar-refractivity contribution is 0.312. The Morgan fingerprint density at radius 1 is 1.40 bits per heavy atom. The number of nitrogens with zero attached hydrogens (tertiary/aromatic N) is 5. The second-order valence-corrected chi connectivity index (χ2v) is 5.22. The molecule has 2 rings (SSSR count). The molecule has 1 saturated heterocycles. The molecule has 2 heterocycles. The maximum atomic E-state index is 5.39. The third kappa shape index (κ3) is 3.69. The molecule has 1 aromatic heterocycles. The smallest absolute Gasteiger partial charge is 0.323 e. The lowest BCUT2D eigenvalue weighted by Crippen LogP contribution is -2.29. The topological polar surface area (TPSA) is 66.4 Å². The van der Waals surface area contributed by atoms with Gasteiger partial charge in [-0.25, -0.2) is 0 Å². The van der Waals surface area contributed by atoms with Gasteiger partial charge in [0.1, 0.15) is 0 Å². The highest BCUT2D eigenvalue weighted by Gasteiger charge is 2.22. The van der Waals surface area contributed by atoms with Gasteiger partial charge in [-0.2, -0.15) is 15.0 Å². The van der Waals surface area contributed by atoms with E-state index < -0.39 is 0 Å². The van der Waals surface area contributed by atoms with Crippen LogP contribution in [0.15, 0.2) is 0 Å². The number of hydrogen-bond donors (Lipinski definition) is 1. The van der Waals surface area contributed by atoms with Gasteiger partial charge in [0.15, 0.2) is 0 Å². The highest BCUT2D eigenvalue weighted by Crippen LogP contribution is 2.19. The Bertz CT molecular complexity index is 441. The molecule has 7 heteroatoms. The summed E-state index contributed by atoms with van der Waals surface area (Å²) in [6, 6.07) is 0.372. The van der Waals surface area contributed by atoms with Gasteiger partial charge in [-0.3, -0.25) is 0 Å². The number of hydrogen-bond acceptors (Lipinski definition) is 7. The van der Waals surface area contributed by atoms with Gasteiger partial charge >= 0.3 is 6.01 Å². The van der Waals surface area contributed by atoms with Crippen molar-refractivity contribution in [3.05, 3.63) is 0 Å². The number of aromatic nitrogens is 3. The maximum Gasteiger partial charge on any atom is 0.323 e. The van der Waals surface area contributed by atoms with Gasteiger partial charge in [-0.15, -0.1) is 0 Å². The van der Waals surface area contributed by atoms with Gasteiger partial charge in [0, 0.05) is 27.2 Å². The van der Waals surface area contributed by atoms with Gasteiger partial charge in [0.25, 0.3) is 0 Å². The van der Waals surface area contributed by atoms with E-state index in [2.05, 4.69) is 37.1 Å². The van der Waals surface area contributed by atoms with Crippen molar-refractivity contribution in [2.75, 3.05) is 57.6 Å². The van der Waals surface area contributed by atoms with Crippen molar-refractivity contribution in [1.82, 2.24) is 19.9 Å². The molecule has 0 radical (unpaired) electrons. The first kappa shape index (κ1) is 14.8.